The molecule has 1 aliphatic rings. The van der Waals surface area contributed by atoms with E-state index in [-0.39, 0.29) is 0 Å². The first kappa shape index (κ1) is 16.8. The highest BCUT2D eigenvalue weighted by molar-refractivity contribution is 5.79. The lowest BCUT2D eigenvalue weighted by atomic mass is 10.0. The molecule has 1 unspecified atom stereocenters. The molecule has 136 valence electrons. The summed E-state index contributed by atoms with van der Waals surface area (Å²) in [5, 5.41) is 4.80. The first-order valence-electron chi connectivity index (χ1n) is 9.23. The van der Waals surface area contributed by atoms with Gasteiger partial charge in [-0.15, -0.1) is 0 Å². The third-order valence-electron chi connectivity index (χ3n) is 4.96. The van der Waals surface area contributed by atoms with Gasteiger partial charge in [0.25, 0.3) is 0 Å². The normalized spacial score (nSPS) is 18.2. The topological polar surface area (TPSA) is 60.1 Å². The minimum atomic E-state index is 0.386. The van der Waals surface area contributed by atoms with Crippen molar-refractivity contribution in [1.82, 2.24) is 19.9 Å². The van der Waals surface area contributed by atoms with Crippen molar-refractivity contribution in [2.75, 3.05) is 37.4 Å². The van der Waals surface area contributed by atoms with E-state index in [0.29, 0.717) is 6.04 Å². The standard InChI is InChI=1S/C20H26N6/c1-25(2)19-8-10-22-20(24-19)23-17-4-3-11-26(14-17)13-15-5-6-18-16(12-15)7-9-21-18/h5-10,12,17,21H,3-4,11,13-14H2,1-2H3,(H,22,23,24). The minimum absolute atomic E-state index is 0.386. The van der Waals surface area contributed by atoms with Crippen LogP contribution < -0.4 is 10.2 Å². The molecule has 1 fully saturated rings. The Kier molecular flexibility index (Phi) is 4.75. The molecule has 0 radical (unpaired) electrons. The average molecular weight is 350 g/mol. The number of rotatable bonds is 5. The Labute approximate surface area is 154 Å². The number of nitrogens with one attached hydrogen (secondary N) is 2. The lowest BCUT2D eigenvalue weighted by molar-refractivity contribution is 0.208. The zero-order valence-electron chi connectivity index (χ0n) is 15.4. The number of hydrogen-bond donors (Lipinski definition) is 2. The van der Waals surface area contributed by atoms with Crippen LogP contribution in [-0.2, 0) is 6.54 Å². The second-order valence-electron chi connectivity index (χ2n) is 7.25. The molecular formula is C20H26N6. The van der Waals surface area contributed by atoms with E-state index >= 15 is 0 Å². The Bertz CT molecular complexity index is 871. The molecule has 0 saturated carbocycles. The third kappa shape index (κ3) is 3.80. The van der Waals surface area contributed by atoms with Crippen LogP contribution in [-0.4, -0.2) is 53.1 Å². The van der Waals surface area contributed by atoms with Gasteiger partial charge in [0.2, 0.25) is 5.95 Å². The summed E-state index contributed by atoms with van der Waals surface area (Å²) in [6.07, 6.45) is 6.16. The average Bonchev–Trinajstić information content (AvgIpc) is 3.10. The first-order chi connectivity index (χ1) is 12.7. The van der Waals surface area contributed by atoms with Crippen LogP contribution in [0.15, 0.2) is 42.7 Å². The van der Waals surface area contributed by atoms with Crippen molar-refractivity contribution >= 4 is 22.7 Å². The molecule has 0 spiro atoms. The van der Waals surface area contributed by atoms with Gasteiger partial charge in [0, 0.05) is 51.1 Å². The van der Waals surface area contributed by atoms with Crippen LogP contribution in [0.5, 0.6) is 0 Å². The van der Waals surface area contributed by atoms with E-state index in [9.17, 15) is 0 Å². The van der Waals surface area contributed by atoms with Gasteiger partial charge < -0.3 is 15.2 Å². The van der Waals surface area contributed by atoms with Crippen molar-refractivity contribution < 1.29 is 0 Å². The van der Waals surface area contributed by atoms with Gasteiger partial charge in [0.15, 0.2) is 0 Å². The fourth-order valence-corrected chi connectivity index (χ4v) is 3.63. The zero-order valence-corrected chi connectivity index (χ0v) is 15.4. The molecule has 3 aromatic rings. The molecule has 6 heteroatoms. The quantitative estimate of drug-likeness (QED) is 0.740. The van der Waals surface area contributed by atoms with Gasteiger partial charge in [0.1, 0.15) is 5.82 Å². The number of benzene rings is 1. The Balaban J connectivity index is 1.40. The van der Waals surface area contributed by atoms with Crippen LogP contribution in [0.25, 0.3) is 10.9 Å². The number of nitrogens with zero attached hydrogens (tertiary/aromatic N) is 4. The van der Waals surface area contributed by atoms with E-state index in [1.807, 2.05) is 37.5 Å². The first-order valence-corrected chi connectivity index (χ1v) is 9.23. The summed E-state index contributed by atoms with van der Waals surface area (Å²) in [5.41, 5.74) is 2.56. The molecular weight excluding hydrogens is 324 g/mol. The maximum atomic E-state index is 4.59. The van der Waals surface area contributed by atoms with Crippen LogP contribution in [0.1, 0.15) is 18.4 Å². The van der Waals surface area contributed by atoms with E-state index in [1.165, 1.54) is 22.9 Å². The van der Waals surface area contributed by atoms with Gasteiger partial charge in [0.05, 0.1) is 0 Å². The van der Waals surface area contributed by atoms with Gasteiger partial charge >= 0.3 is 0 Å². The maximum Gasteiger partial charge on any atom is 0.224 e. The van der Waals surface area contributed by atoms with Gasteiger partial charge in [-0.1, -0.05) is 6.07 Å². The van der Waals surface area contributed by atoms with Crippen LogP contribution in [0.3, 0.4) is 0 Å². The molecule has 0 bridgehead atoms. The highest BCUT2D eigenvalue weighted by Crippen LogP contribution is 2.20. The minimum Gasteiger partial charge on any atom is -0.363 e. The number of fused-ring (bicyclic) bond motifs is 1. The van der Waals surface area contributed by atoms with Crippen molar-refractivity contribution in [2.24, 2.45) is 0 Å². The summed E-state index contributed by atoms with van der Waals surface area (Å²) in [4.78, 5) is 16.7. The summed E-state index contributed by atoms with van der Waals surface area (Å²) in [5.74, 6) is 1.65. The Morgan fingerprint density at radius 3 is 3.08 bits per heavy atom. The molecule has 26 heavy (non-hydrogen) atoms. The number of piperidine rings is 1. The maximum absolute atomic E-state index is 4.59. The molecule has 0 amide bonds. The lowest BCUT2D eigenvalue weighted by Crippen LogP contribution is -2.41. The van der Waals surface area contributed by atoms with E-state index in [2.05, 4.69) is 49.4 Å². The fourth-order valence-electron chi connectivity index (χ4n) is 3.63. The number of aromatic nitrogens is 3. The lowest BCUT2D eigenvalue weighted by Gasteiger charge is -2.33. The second-order valence-corrected chi connectivity index (χ2v) is 7.25. The van der Waals surface area contributed by atoms with Gasteiger partial charge in [-0.3, -0.25) is 4.90 Å². The van der Waals surface area contributed by atoms with Crippen LogP contribution in [0, 0.1) is 0 Å². The van der Waals surface area contributed by atoms with Crippen molar-refractivity contribution in [2.45, 2.75) is 25.4 Å². The highest BCUT2D eigenvalue weighted by Gasteiger charge is 2.20. The van der Waals surface area contributed by atoms with Crippen molar-refractivity contribution in [3.05, 3.63) is 48.3 Å². The van der Waals surface area contributed by atoms with Crippen molar-refractivity contribution in [3.8, 4) is 0 Å². The van der Waals surface area contributed by atoms with Gasteiger partial charge in [-0.25, -0.2) is 4.98 Å². The van der Waals surface area contributed by atoms with Crippen LogP contribution in [0.2, 0.25) is 0 Å². The molecule has 1 aromatic carbocycles. The molecule has 0 aliphatic carbocycles. The van der Waals surface area contributed by atoms with E-state index in [4.69, 9.17) is 0 Å². The SMILES string of the molecule is CN(C)c1ccnc(NC2CCCN(Cc3ccc4[nH]ccc4c3)C2)n1. The van der Waals surface area contributed by atoms with E-state index in [0.717, 1.165) is 37.8 Å². The Morgan fingerprint density at radius 1 is 1.27 bits per heavy atom. The predicted octanol–water partition coefficient (Wildman–Crippen LogP) is 3.10. The Hall–Kier alpha value is -2.60. The number of hydrogen-bond acceptors (Lipinski definition) is 5. The number of anilines is 2. The Morgan fingerprint density at radius 2 is 2.19 bits per heavy atom. The number of aromatic amines is 1. The fraction of sp³-hybridized carbons (Fsp3) is 0.400. The van der Waals surface area contributed by atoms with Crippen molar-refractivity contribution in [1.29, 1.82) is 0 Å². The van der Waals surface area contributed by atoms with E-state index in [1.54, 1.807) is 0 Å². The molecule has 1 aliphatic heterocycles. The summed E-state index contributed by atoms with van der Waals surface area (Å²) in [6.45, 7) is 3.14. The molecule has 4 rings (SSSR count). The summed E-state index contributed by atoms with van der Waals surface area (Å²) in [7, 11) is 3.99. The molecule has 1 saturated heterocycles. The van der Waals surface area contributed by atoms with Gasteiger partial charge in [-0.05, 0) is 54.6 Å². The third-order valence-corrected chi connectivity index (χ3v) is 4.96. The molecule has 2 aromatic heterocycles. The van der Waals surface area contributed by atoms with Crippen LogP contribution in [0.4, 0.5) is 11.8 Å². The van der Waals surface area contributed by atoms with E-state index < -0.39 is 0 Å². The largest absolute Gasteiger partial charge is 0.363 e. The molecule has 2 N–H and O–H groups in total. The number of H-pyrrole nitrogens is 1. The van der Waals surface area contributed by atoms with Crippen LogP contribution >= 0.6 is 0 Å². The molecule has 3 heterocycles. The summed E-state index contributed by atoms with van der Waals surface area (Å²) >= 11 is 0. The second kappa shape index (κ2) is 7.33. The summed E-state index contributed by atoms with van der Waals surface area (Å²) in [6, 6.07) is 11.1. The predicted molar refractivity (Wildman–Crippen MR) is 107 cm³/mol. The van der Waals surface area contributed by atoms with Gasteiger partial charge in [-0.2, -0.15) is 4.98 Å². The smallest absolute Gasteiger partial charge is 0.224 e. The molecule has 1 atom stereocenters. The number of likely N-dealkylation sites (tertiary alicyclic amines) is 1. The van der Waals surface area contributed by atoms with Crippen molar-refractivity contribution in [3.63, 3.8) is 0 Å². The molecule has 6 nitrogen and oxygen atoms in total. The highest BCUT2D eigenvalue weighted by atomic mass is 15.2. The monoisotopic (exact) mass is 350 g/mol. The summed E-state index contributed by atoms with van der Waals surface area (Å²) < 4.78 is 0. The zero-order chi connectivity index (χ0) is 17.9.